The van der Waals surface area contributed by atoms with Crippen molar-refractivity contribution in [3.8, 4) is 0 Å². The van der Waals surface area contributed by atoms with Crippen LogP contribution in [0.15, 0.2) is 24.5 Å². The van der Waals surface area contributed by atoms with Crippen molar-refractivity contribution < 1.29 is 9.53 Å². The average molecular weight is 249 g/mol. The van der Waals surface area contributed by atoms with Gasteiger partial charge >= 0.3 is 0 Å². The first-order valence-electron chi connectivity index (χ1n) is 6.08. The predicted molar refractivity (Wildman–Crippen MR) is 67.7 cm³/mol. The largest absolute Gasteiger partial charge is 0.379 e. The van der Waals surface area contributed by atoms with E-state index in [9.17, 15) is 4.79 Å². The third-order valence-corrected chi connectivity index (χ3v) is 3.57. The minimum atomic E-state index is -0.642. The van der Waals surface area contributed by atoms with E-state index in [4.69, 9.17) is 10.5 Å². The number of hydrogen-bond acceptors (Lipinski definition) is 4. The summed E-state index contributed by atoms with van der Waals surface area (Å²) in [6.07, 6.45) is 3.46. The normalized spacial score (nSPS) is 28.9. The van der Waals surface area contributed by atoms with Crippen LogP contribution in [0.1, 0.15) is 25.5 Å². The summed E-state index contributed by atoms with van der Waals surface area (Å²) < 4.78 is 5.28. The maximum atomic E-state index is 12.3. The third kappa shape index (κ3) is 2.37. The second-order valence-corrected chi connectivity index (χ2v) is 5.02. The summed E-state index contributed by atoms with van der Waals surface area (Å²) in [6, 6.07) is 3.45. The Morgan fingerprint density at radius 2 is 2.50 bits per heavy atom. The molecule has 2 unspecified atom stereocenters. The smallest absolute Gasteiger partial charge is 0.230 e. The highest BCUT2D eigenvalue weighted by Gasteiger charge is 2.44. The van der Waals surface area contributed by atoms with Gasteiger partial charge in [0, 0.05) is 18.4 Å². The fraction of sp³-hybridized carbons (Fsp3) is 0.538. The van der Waals surface area contributed by atoms with Gasteiger partial charge in [-0.1, -0.05) is 6.07 Å². The zero-order valence-electron chi connectivity index (χ0n) is 10.7. The summed E-state index contributed by atoms with van der Waals surface area (Å²) >= 11 is 0. The molecule has 1 fully saturated rings. The monoisotopic (exact) mass is 249 g/mol. The van der Waals surface area contributed by atoms with E-state index in [1.807, 2.05) is 26.0 Å². The standard InChI is InChI=1S/C13H19N3O2/c1-9(10-4-3-5-15-6-10)16-12(17)13(2)8-18-7-11(13)14/h3-6,9,11H,7-8,14H2,1-2H3,(H,16,17)/t9-,11?,13?/m0/s1. The van der Waals surface area contributed by atoms with E-state index in [2.05, 4.69) is 10.3 Å². The van der Waals surface area contributed by atoms with Gasteiger partial charge < -0.3 is 15.8 Å². The molecule has 0 spiro atoms. The lowest BCUT2D eigenvalue weighted by molar-refractivity contribution is -0.131. The summed E-state index contributed by atoms with van der Waals surface area (Å²) in [6.45, 7) is 4.58. The van der Waals surface area contributed by atoms with Crippen LogP contribution in [0, 0.1) is 5.41 Å². The lowest BCUT2D eigenvalue weighted by atomic mass is 9.84. The van der Waals surface area contributed by atoms with Gasteiger partial charge in [0.25, 0.3) is 0 Å². The second-order valence-electron chi connectivity index (χ2n) is 5.02. The Bertz CT molecular complexity index is 424. The summed E-state index contributed by atoms with van der Waals surface area (Å²) in [7, 11) is 0. The van der Waals surface area contributed by atoms with E-state index in [-0.39, 0.29) is 18.0 Å². The molecular formula is C13H19N3O2. The number of amides is 1. The number of nitrogens with one attached hydrogen (secondary N) is 1. The van der Waals surface area contributed by atoms with Crippen LogP contribution in [0.4, 0.5) is 0 Å². The van der Waals surface area contributed by atoms with Gasteiger partial charge in [-0.3, -0.25) is 9.78 Å². The predicted octanol–water partition coefficient (Wildman–Crippen LogP) is 0.623. The van der Waals surface area contributed by atoms with Crippen molar-refractivity contribution in [3.05, 3.63) is 30.1 Å². The van der Waals surface area contributed by atoms with Crippen molar-refractivity contribution in [2.75, 3.05) is 13.2 Å². The van der Waals surface area contributed by atoms with Crippen LogP contribution < -0.4 is 11.1 Å². The van der Waals surface area contributed by atoms with Crippen LogP contribution >= 0.6 is 0 Å². The van der Waals surface area contributed by atoms with Gasteiger partial charge in [0.05, 0.1) is 24.7 Å². The first-order chi connectivity index (χ1) is 8.54. The maximum absolute atomic E-state index is 12.3. The van der Waals surface area contributed by atoms with E-state index in [0.29, 0.717) is 13.2 Å². The van der Waals surface area contributed by atoms with Crippen LogP contribution in [0.2, 0.25) is 0 Å². The molecule has 1 saturated heterocycles. The molecule has 0 aliphatic carbocycles. The van der Waals surface area contributed by atoms with Crippen LogP contribution in [-0.4, -0.2) is 30.1 Å². The number of ether oxygens (including phenoxy) is 1. The van der Waals surface area contributed by atoms with E-state index >= 15 is 0 Å². The zero-order valence-corrected chi connectivity index (χ0v) is 10.7. The molecule has 1 amide bonds. The summed E-state index contributed by atoms with van der Waals surface area (Å²) in [5.74, 6) is -0.0659. The van der Waals surface area contributed by atoms with Gasteiger partial charge in [-0.2, -0.15) is 0 Å². The second kappa shape index (κ2) is 5.04. The highest BCUT2D eigenvalue weighted by molar-refractivity contribution is 5.84. The number of carbonyl (C=O) groups is 1. The van der Waals surface area contributed by atoms with Crippen LogP contribution in [-0.2, 0) is 9.53 Å². The van der Waals surface area contributed by atoms with Crippen molar-refractivity contribution in [1.82, 2.24) is 10.3 Å². The Kier molecular flexibility index (Phi) is 3.63. The molecule has 2 rings (SSSR count). The van der Waals surface area contributed by atoms with Crippen LogP contribution in [0.25, 0.3) is 0 Å². The molecule has 0 aromatic carbocycles. The average Bonchev–Trinajstić information content (AvgIpc) is 2.72. The van der Waals surface area contributed by atoms with Gasteiger partial charge in [-0.15, -0.1) is 0 Å². The van der Waals surface area contributed by atoms with E-state index in [0.717, 1.165) is 5.56 Å². The first-order valence-corrected chi connectivity index (χ1v) is 6.08. The van der Waals surface area contributed by atoms with Gasteiger partial charge in [0.15, 0.2) is 0 Å². The van der Waals surface area contributed by atoms with Crippen LogP contribution in [0.3, 0.4) is 0 Å². The molecule has 3 N–H and O–H groups in total. The summed E-state index contributed by atoms with van der Waals surface area (Å²) in [4.78, 5) is 16.3. The number of nitrogens with two attached hydrogens (primary N) is 1. The number of pyridine rings is 1. The lowest BCUT2D eigenvalue weighted by Gasteiger charge is -2.27. The number of aromatic nitrogens is 1. The molecule has 1 aromatic rings. The first kappa shape index (κ1) is 13.0. The Hall–Kier alpha value is -1.46. The van der Waals surface area contributed by atoms with Crippen molar-refractivity contribution >= 4 is 5.91 Å². The zero-order chi connectivity index (χ0) is 13.2. The topological polar surface area (TPSA) is 77.2 Å². The van der Waals surface area contributed by atoms with Crippen molar-refractivity contribution in [3.63, 3.8) is 0 Å². The molecule has 1 aliphatic heterocycles. The van der Waals surface area contributed by atoms with Gasteiger partial charge in [0.2, 0.25) is 5.91 Å². The molecule has 0 radical (unpaired) electrons. The minimum absolute atomic E-state index is 0.0659. The summed E-state index contributed by atoms with van der Waals surface area (Å²) in [5.41, 5.74) is 6.26. The molecule has 0 bridgehead atoms. The van der Waals surface area contributed by atoms with Crippen LogP contribution in [0.5, 0.6) is 0 Å². The van der Waals surface area contributed by atoms with E-state index in [1.165, 1.54) is 0 Å². The number of nitrogens with zero attached hydrogens (tertiary/aromatic N) is 1. The van der Waals surface area contributed by atoms with Crippen molar-refractivity contribution in [1.29, 1.82) is 0 Å². The fourth-order valence-corrected chi connectivity index (χ4v) is 2.00. The van der Waals surface area contributed by atoms with Crippen molar-refractivity contribution in [2.24, 2.45) is 11.1 Å². The maximum Gasteiger partial charge on any atom is 0.230 e. The molecule has 5 heteroatoms. The molecule has 18 heavy (non-hydrogen) atoms. The lowest BCUT2D eigenvalue weighted by Crippen LogP contribution is -2.50. The van der Waals surface area contributed by atoms with Crippen molar-refractivity contribution in [2.45, 2.75) is 25.9 Å². The number of hydrogen-bond donors (Lipinski definition) is 2. The Balaban J connectivity index is 2.04. The highest BCUT2D eigenvalue weighted by Crippen LogP contribution is 2.28. The SMILES string of the molecule is C[C@H](NC(=O)C1(C)COCC1N)c1cccnc1. The minimum Gasteiger partial charge on any atom is -0.379 e. The van der Waals surface area contributed by atoms with Gasteiger partial charge in [0.1, 0.15) is 0 Å². The third-order valence-electron chi connectivity index (χ3n) is 3.57. The van der Waals surface area contributed by atoms with E-state index in [1.54, 1.807) is 12.4 Å². The Morgan fingerprint density at radius 1 is 1.72 bits per heavy atom. The Labute approximate surface area is 107 Å². The van der Waals surface area contributed by atoms with Gasteiger partial charge in [-0.05, 0) is 25.5 Å². The molecule has 1 aliphatic rings. The molecule has 3 atom stereocenters. The quantitative estimate of drug-likeness (QED) is 0.823. The number of rotatable bonds is 3. The molecule has 98 valence electrons. The molecule has 2 heterocycles. The highest BCUT2D eigenvalue weighted by atomic mass is 16.5. The molecule has 5 nitrogen and oxygen atoms in total. The molecular weight excluding hydrogens is 230 g/mol. The number of carbonyl (C=O) groups excluding carboxylic acids is 1. The molecule has 1 aromatic heterocycles. The fourth-order valence-electron chi connectivity index (χ4n) is 2.00. The summed E-state index contributed by atoms with van der Waals surface area (Å²) in [5, 5.41) is 2.97. The van der Waals surface area contributed by atoms with Gasteiger partial charge in [-0.25, -0.2) is 0 Å². The Morgan fingerprint density at radius 3 is 3.06 bits per heavy atom. The molecule has 0 saturated carbocycles. The van der Waals surface area contributed by atoms with E-state index < -0.39 is 5.41 Å².